The van der Waals surface area contributed by atoms with Gasteiger partial charge in [0.15, 0.2) is 9.84 Å². The molecule has 1 aliphatic heterocycles. The summed E-state index contributed by atoms with van der Waals surface area (Å²) in [5.41, 5.74) is 2.29. The van der Waals surface area contributed by atoms with E-state index in [2.05, 4.69) is 11.4 Å². The minimum absolute atomic E-state index is 0.180. The van der Waals surface area contributed by atoms with Crippen LogP contribution in [0.5, 0.6) is 5.75 Å². The van der Waals surface area contributed by atoms with Crippen LogP contribution in [0.3, 0.4) is 0 Å². The van der Waals surface area contributed by atoms with Crippen molar-refractivity contribution in [2.45, 2.75) is 32.7 Å². The summed E-state index contributed by atoms with van der Waals surface area (Å²) >= 11 is 0. The van der Waals surface area contributed by atoms with Crippen LogP contribution in [0.25, 0.3) is 0 Å². The molecule has 0 saturated heterocycles. The lowest BCUT2D eigenvalue weighted by Crippen LogP contribution is -2.27. The second kappa shape index (κ2) is 6.59. The van der Waals surface area contributed by atoms with Crippen LogP contribution >= 0.6 is 0 Å². The molecule has 0 bridgehead atoms. The summed E-state index contributed by atoms with van der Waals surface area (Å²) in [6.45, 7) is 4.95. The summed E-state index contributed by atoms with van der Waals surface area (Å²) in [7, 11) is -2.91. The van der Waals surface area contributed by atoms with Crippen LogP contribution in [0, 0.1) is 6.92 Å². The van der Waals surface area contributed by atoms with E-state index in [1.807, 2.05) is 19.1 Å². The van der Waals surface area contributed by atoms with E-state index in [9.17, 15) is 8.42 Å². The minimum atomic E-state index is -2.91. The molecular weight excluding hydrogens is 274 g/mol. The van der Waals surface area contributed by atoms with Crippen LogP contribution in [0.1, 0.15) is 36.9 Å². The summed E-state index contributed by atoms with van der Waals surface area (Å²) in [4.78, 5) is 0. The number of para-hydroxylation sites is 1. The highest BCUT2D eigenvalue weighted by molar-refractivity contribution is 7.91. The van der Waals surface area contributed by atoms with Gasteiger partial charge in [0.05, 0.1) is 12.4 Å². The zero-order valence-electron chi connectivity index (χ0n) is 12.2. The van der Waals surface area contributed by atoms with Gasteiger partial charge in [-0.3, -0.25) is 0 Å². The van der Waals surface area contributed by atoms with E-state index in [1.165, 1.54) is 0 Å². The lowest BCUT2D eigenvalue weighted by atomic mass is 10.00. The van der Waals surface area contributed by atoms with Crippen molar-refractivity contribution >= 4 is 9.84 Å². The summed E-state index contributed by atoms with van der Waals surface area (Å²) < 4.78 is 28.9. The van der Waals surface area contributed by atoms with Crippen molar-refractivity contribution < 1.29 is 13.2 Å². The zero-order valence-corrected chi connectivity index (χ0v) is 13.0. The van der Waals surface area contributed by atoms with E-state index in [1.54, 1.807) is 6.92 Å². The number of fused-ring (bicyclic) bond motifs is 1. The van der Waals surface area contributed by atoms with Gasteiger partial charge in [0, 0.05) is 23.9 Å². The van der Waals surface area contributed by atoms with Gasteiger partial charge in [-0.1, -0.05) is 25.1 Å². The molecule has 0 fully saturated rings. The van der Waals surface area contributed by atoms with Gasteiger partial charge in [0.25, 0.3) is 0 Å². The highest BCUT2D eigenvalue weighted by Crippen LogP contribution is 2.33. The third-order valence-electron chi connectivity index (χ3n) is 3.74. The van der Waals surface area contributed by atoms with Crippen LogP contribution in [-0.2, 0) is 9.84 Å². The van der Waals surface area contributed by atoms with E-state index in [4.69, 9.17) is 4.74 Å². The highest BCUT2D eigenvalue weighted by Gasteiger charge is 2.21. The second-order valence-electron chi connectivity index (χ2n) is 5.23. The highest BCUT2D eigenvalue weighted by atomic mass is 32.2. The number of hydrogen-bond acceptors (Lipinski definition) is 4. The van der Waals surface area contributed by atoms with Crippen molar-refractivity contribution in [3.05, 3.63) is 29.3 Å². The number of nitrogens with one attached hydrogen (secondary N) is 1. The predicted molar refractivity (Wildman–Crippen MR) is 81.0 cm³/mol. The van der Waals surface area contributed by atoms with E-state index < -0.39 is 9.84 Å². The fraction of sp³-hybridized carbons (Fsp3) is 0.600. The molecule has 5 heteroatoms. The number of aryl methyl sites for hydroxylation is 1. The molecule has 1 unspecified atom stereocenters. The molecule has 0 saturated carbocycles. The van der Waals surface area contributed by atoms with Crippen molar-refractivity contribution in [3.8, 4) is 5.75 Å². The van der Waals surface area contributed by atoms with Gasteiger partial charge in [-0.25, -0.2) is 8.42 Å². The molecule has 2 rings (SSSR count). The molecule has 1 aromatic rings. The fourth-order valence-electron chi connectivity index (χ4n) is 2.51. The Labute approximate surface area is 121 Å². The molecular formula is C15H23NO3S. The number of hydrogen-bond donors (Lipinski definition) is 1. The lowest BCUT2D eigenvalue weighted by Gasteiger charge is -2.19. The van der Waals surface area contributed by atoms with Gasteiger partial charge in [0.2, 0.25) is 0 Å². The van der Waals surface area contributed by atoms with Crippen LogP contribution in [0.2, 0.25) is 0 Å². The second-order valence-corrected chi connectivity index (χ2v) is 7.70. The summed E-state index contributed by atoms with van der Waals surface area (Å²) in [6, 6.07) is 6.32. The van der Waals surface area contributed by atoms with Crippen LogP contribution < -0.4 is 10.1 Å². The van der Waals surface area contributed by atoms with Gasteiger partial charge >= 0.3 is 0 Å². The zero-order chi connectivity index (χ0) is 14.6. The molecule has 1 heterocycles. The SMILES string of the molecule is CCS(=O)(=O)CCNC1CCCOc2c(C)cccc21. The van der Waals surface area contributed by atoms with E-state index >= 15 is 0 Å². The molecule has 1 N–H and O–H groups in total. The Morgan fingerprint density at radius 1 is 1.40 bits per heavy atom. The molecule has 0 spiro atoms. The summed E-state index contributed by atoms with van der Waals surface area (Å²) in [5.74, 6) is 1.36. The standard InChI is InChI=1S/C15H23NO3S/c1-3-20(17,18)11-9-16-14-8-5-10-19-15-12(2)6-4-7-13(14)15/h4,6-7,14,16H,3,5,8-11H2,1-2H3. The number of benzene rings is 1. The van der Waals surface area contributed by atoms with Gasteiger partial charge in [0.1, 0.15) is 5.75 Å². The number of sulfone groups is 1. The van der Waals surface area contributed by atoms with Crippen molar-refractivity contribution in [1.29, 1.82) is 0 Å². The van der Waals surface area contributed by atoms with Gasteiger partial charge < -0.3 is 10.1 Å². The third-order valence-corrected chi connectivity index (χ3v) is 5.45. The van der Waals surface area contributed by atoms with Crippen LogP contribution in [0.4, 0.5) is 0 Å². The van der Waals surface area contributed by atoms with E-state index in [-0.39, 0.29) is 17.5 Å². The Kier molecular flexibility index (Phi) is 5.05. The smallest absolute Gasteiger partial charge is 0.151 e. The molecule has 1 aromatic carbocycles. The summed E-state index contributed by atoms with van der Waals surface area (Å²) in [6.07, 6.45) is 1.95. The first-order chi connectivity index (χ1) is 9.53. The molecule has 0 amide bonds. The maximum absolute atomic E-state index is 11.5. The predicted octanol–water partition coefficient (Wildman–Crippen LogP) is 2.23. The average molecular weight is 297 g/mol. The molecule has 0 aromatic heterocycles. The number of rotatable bonds is 5. The summed E-state index contributed by atoms with van der Waals surface area (Å²) in [5, 5.41) is 3.38. The number of ether oxygens (including phenoxy) is 1. The normalized spacial score (nSPS) is 19.0. The van der Waals surface area contributed by atoms with E-state index in [0.29, 0.717) is 6.54 Å². The van der Waals surface area contributed by atoms with Gasteiger partial charge in [-0.15, -0.1) is 0 Å². The first kappa shape index (κ1) is 15.3. The maximum atomic E-state index is 11.5. The topological polar surface area (TPSA) is 55.4 Å². The van der Waals surface area contributed by atoms with Gasteiger partial charge in [-0.05, 0) is 25.3 Å². The largest absolute Gasteiger partial charge is 0.493 e. The monoisotopic (exact) mass is 297 g/mol. The van der Waals surface area contributed by atoms with Crippen LogP contribution in [-0.4, -0.2) is 33.1 Å². The quantitative estimate of drug-likeness (QED) is 0.905. The lowest BCUT2D eigenvalue weighted by molar-refractivity contribution is 0.313. The molecule has 4 nitrogen and oxygen atoms in total. The Balaban J connectivity index is 2.08. The fourth-order valence-corrected chi connectivity index (χ4v) is 3.23. The van der Waals surface area contributed by atoms with Crippen molar-refractivity contribution in [1.82, 2.24) is 5.32 Å². The van der Waals surface area contributed by atoms with Crippen molar-refractivity contribution in [2.24, 2.45) is 0 Å². The maximum Gasteiger partial charge on any atom is 0.151 e. The van der Waals surface area contributed by atoms with Gasteiger partial charge in [-0.2, -0.15) is 0 Å². The van der Waals surface area contributed by atoms with Crippen molar-refractivity contribution in [2.75, 3.05) is 24.7 Å². The Bertz CT molecular complexity index is 554. The molecule has 1 atom stereocenters. The first-order valence-corrected chi connectivity index (χ1v) is 9.02. The molecule has 0 radical (unpaired) electrons. The average Bonchev–Trinajstić information content (AvgIpc) is 2.63. The Hall–Kier alpha value is -1.07. The van der Waals surface area contributed by atoms with Crippen LogP contribution in [0.15, 0.2) is 18.2 Å². The Morgan fingerprint density at radius 3 is 2.95 bits per heavy atom. The molecule has 20 heavy (non-hydrogen) atoms. The van der Waals surface area contributed by atoms with E-state index in [0.717, 1.165) is 36.3 Å². The third kappa shape index (κ3) is 3.73. The molecule has 1 aliphatic rings. The molecule has 112 valence electrons. The minimum Gasteiger partial charge on any atom is -0.493 e. The molecule has 0 aliphatic carbocycles. The van der Waals surface area contributed by atoms with Crippen molar-refractivity contribution in [3.63, 3.8) is 0 Å². The first-order valence-electron chi connectivity index (χ1n) is 7.19. The Morgan fingerprint density at radius 2 is 2.20 bits per heavy atom.